The van der Waals surface area contributed by atoms with E-state index in [1.54, 1.807) is 0 Å². The van der Waals surface area contributed by atoms with Crippen LogP contribution in [0.15, 0.2) is 0 Å². The second-order valence-electron chi connectivity index (χ2n) is 8.28. The molecule has 162 valence electrons. The van der Waals surface area contributed by atoms with Gasteiger partial charge in [0.2, 0.25) is 0 Å². The summed E-state index contributed by atoms with van der Waals surface area (Å²) in [7, 11) is 0. The average molecular weight is 422 g/mol. The monoisotopic (exact) mass is 421 g/mol. The normalized spacial score (nSPS) is 12.1. The van der Waals surface area contributed by atoms with Crippen molar-refractivity contribution in [2.75, 3.05) is 13.1 Å². The Morgan fingerprint density at radius 3 is 1.57 bits per heavy atom. The van der Waals surface area contributed by atoms with E-state index >= 15 is 0 Å². The molecule has 0 aromatic heterocycles. The van der Waals surface area contributed by atoms with Gasteiger partial charge in [0.05, 0.1) is 0 Å². The minimum Gasteiger partial charge on any atom is -0.550 e. The molecule has 0 saturated heterocycles. The summed E-state index contributed by atoms with van der Waals surface area (Å²) in [6, 6.07) is 0.556. The van der Waals surface area contributed by atoms with Crippen LogP contribution >= 0.6 is 0 Å². The molecule has 0 rings (SSSR count). The van der Waals surface area contributed by atoms with Crippen LogP contribution in [0.25, 0.3) is 0 Å². The Bertz CT molecular complexity index is 310. The Balaban J connectivity index is 0. The molecule has 4 heteroatoms. The average Bonchev–Trinajstić information content (AvgIpc) is 2.64. The second kappa shape index (κ2) is 24.3. The molecule has 1 atom stereocenters. The summed E-state index contributed by atoms with van der Waals surface area (Å²) in [5.74, 6) is -0.899. The van der Waals surface area contributed by atoms with Gasteiger partial charge in [0.15, 0.2) is 0 Å². The van der Waals surface area contributed by atoms with Crippen LogP contribution in [-0.2, 0) is 4.79 Å². The molecule has 28 heavy (non-hydrogen) atoms. The topological polar surface area (TPSA) is 43.4 Å². The van der Waals surface area contributed by atoms with Crippen LogP contribution < -0.4 is 56.5 Å². The maximum absolute atomic E-state index is 10.8. The molecule has 0 heterocycles. The fraction of sp³-hybridized carbons (Fsp3) is 0.958. The van der Waals surface area contributed by atoms with Gasteiger partial charge in [0, 0.05) is 12.0 Å². The van der Waals surface area contributed by atoms with Crippen LogP contribution in [-0.4, -0.2) is 30.0 Å². The summed E-state index contributed by atoms with van der Waals surface area (Å²) in [5, 5.41) is 10.8. The second-order valence-corrected chi connectivity index (χ2v) is 8.28. The molecule has 0 saturated carbocycles. The summed E-state index contributed by atoms with van der Waals surface area (Å²) in [6.45, 7) is 9.17. The van der Waals surface area contributed by atoms with Crippen molar-refractivity contribution in [2.24, 2.45) is 0 Å². The van der Waals surface area contributed by atoms with E-state index in [-0.39, 0.29) is 57.8 Å². The van der Waals surface area contributed by atoms with Crippen molar-refractivity contribution >= 4 is 5.97 Å². The Kier molecular flexibility index (Phi) is 27.2. The molecule has 0 radical (unpaired) electrons. The minimum absolute atomic E-state index is 0. The number of hydrogen-bond acceptors (Lipinski definition) is 3. The summed E-state index contributed by atoms with van der Waals surface area (Å²) >= 11 is 0. The van der Waals surface area contributed by atoms with E-state index in [0.717, 1.165) is 12.8 Å². The predicted molar refractivity (Wildman–Crippen MR) is 116 cm³/mol. The molecule has 0 aromatic carbocycles. The first-order valence-electron chi connectivity index (χ1n) is 12.1. The van der Waals surface area contributed by atoms with Crippen LogP contribution in [0.5, 0.6) is 0 Å². The molecule has 0 N–H and O–H groups in total. The van der Waals surface area contributed by atoms with E-state index in [0.29, 0.717) is 6.04 Å². The first kappa shape index (κ1) is 31.3. The molecule has 0 aliphatic carbocycles. The zero-order valence-corrected chi connectivity index (χ0v) is 22.9. The standard InChI is InChI=1S/C24H49NO2.K/c1-4-7-9-11-13-15-21-25(22-16-14-12-10-8-5-2)23(18-6-3)19-17-20-24(26)27;/h23H,4-22H2,1-3H3,(H,26,27);/q;+1/p-1. The molecular weight excluding hydrogens is 373 g/mol. The van der Waals surface area contributed by atoms with E-state index in [9.17, 15) is 9.90 Å². The van der Waals surface area contributed by atoms with Crippen molar-refractivity contribution in [3.63, 3.8) is 0 Å². The smallest absolute Gasteiger partial charge is 0.550 e. The van der Waals surface area contributed by atoms with Gasteiger partial charge in [-0.05, 0) is 51.6 Å². The van der Waals surface area contributed by atoms with Gasteiger partial charge >= 0.3 is 51.4 Å². The van der Waals surface area contributed by atoms with E-state index in [4.69, 9.17) is 0 Å². The van der Waals surface area contributed by atoms with Gasteiger partial charge in [-0.3, -0.25) is 0 Å². The SMILES string of the molecule is CCCCCCCCN(CCCCCCCC)C(CCC)CCCC(=O)[O-].[K+]. The Morgan fingerprint density at radius 1 is 0.679 bits per heavy atom. The summed E-state index contributed by atoms with van der Waals surface area (Å²) in [4.78, 5) is 13.5. The van der Waals surface area contributed by atoms with Gasteiger partial charge in [0.25, 0.3) is 0 Å². The van der Waals surface area contributed by atoms with Crippen molar-refractivity contribution in [3.8, 4) is 0 Å². The first-order valence-corrected chi connectivity index (χ1v) is 12.1. The van der Waals surface area contributed by atoms with Crippen LogP contribution in [0.2, 0.25) is 0 Å². The molecule has 0 aliphatic heterocycles. The molecule has 3 nitrogen and oxygen atoms in total. The number of aliphatic carboxylic acids is 1. The van der Waals surface area contributed by atoms with Crippen LogP contribution in [0, 0.1) is 0 Å². The number of rotatable bonds is 21. The predicted octanol–water partition coefficient (Wildman–Crippen LogP) is 3.10. The van der Waals surface area contributed by atoms with E-state index in [1.807, 2.05) is 0 Å². The molecule has 1 unspecified atom stereocenters. The molecule has 0 fully saturated rings. The number of carboxylic acid groups (broad SMARTS) is 1. The number of nitrogens with zero attached hydrogens (tertiary/aromatic N) is 1. The summed E-state index contributed by atoms with van der Waals surface area (Å²) in [5.41, 5.74) is 0. The molecule has 0 amide bonds. The Labute approximate surface area is 219 Å². The zero-order chi connectivity index (χ0) is 20.2. The van der Waals surface area contributed by atoms with Gasteiger partial charge in [-0.2, -0.15) is 0 Å². The summed E-state index contributed by atoms with van der Waals surface area (Å²) in [6.07, 6.45) is 20.4. The number of unbranched alkanes of at least 4 members (excludes halogenated alkanes) is 10. The van der Waals surface area contributed by atoms with Gasteiger partial charge in [0.1, 0.15) is 0 Å². The number of carbonyl (C=O) groups excluding carboxylic acids is 1. The zero-order valence-electron chi connectivity index (χ0n) is 19.8. The largest absolute Gasteiger partial charge is 1.00 e. The molecule has 0 bridgehead atoms. The molecular formula is C24H48KNO2. The number of carbonyl (C=O) groups is 1. The Hall–Kier alpha value is 1.07. The number of carboxylic acids is 1. The van der Waals surface area contributed by atoms with Crippen molar-refractivity contribution in [2.45, 2.75) is 136 Å². The van der Waals surface area contributed by atoms with Gasteiger partial charge in [-0.25, -0.2) is 0 Å². The fourth-order valence-electron chi connectivity index (χ4n) is 3.99. The quantitative estimate of drug-likeness (QED) is 0.211. The fourth-order valence-corrected chi connectivity index (χ4v) is 3.99. The molecule has 0 aliphatic rings. The van der Waals surface area contributed by atoms with Crippen molar-refractivity contribution in [3.05, 3.63) is 0 Å². The van der Waals surface area contributed by atoms with Crippen LogP contribution in [0.1, 0.15) is 130 Å². The Morgan fingerprint density at radius 2 is 1.14 bits per heavy atom. The van der Waals surface area contributed by atoms with Crippen molar-refractivity contribution < 1.29 is 61.3 Å². The summed E-state index contributed by atoms with van der Waals surface area (Å²) < 4.78 is 0. The van der Waals surface area contributed by atoms with Crippen molar-refractivity contribution in [1.82, 2.24) is 4.90 Å². The van der Waals surface area contributed by atoms with Crippen molar-refractivity contribution in [1.29, 1.82) is 0 Å². The first-order chi connectivity index (χ1) is 13.2. The van der Waals surface area contributed by atoms with Crippen LogP contribution in [0.4, 0.5) is 0 Å². The number of hydrogen-bond donors (Lipinski definition) is 0. The van der Waals surface area contributed by atoms with Gasteiger partial charge in [-0.15, -0.1) is 0 Å². The maximum atomic E-state index is 10.8. The third kappa shape index (κ3) is 20.3. The molecule has 0 aromatic rings. The molecule has 0 spiro atoms. The van der Waals surface area contributed by atoms with E-state index in [1.165, 1.54) is 103 Å². The van der Waals surface area contributed by atoms with E-state index in [2.05, 4.69) is 25.7 Å². The van der Waals surface area contributed by atoms with Crippen LogP contribution in [0.3, 0.4) is 0 Å². The third-order valence-electron chi connectivity index (χ3n) is 5.65. The van der Waals surface area contributed by atoms with E-state index < -0.39 is 5.97 Å². The third-order valence-corrected chi connectivity index (χ3v) is 5.65. The van der Waals surface area contributed by atoms with Gasteiger partial charge in [-0.1, -0.05) is 91.4 Å². The maximum Gasteiger partial charge on any atom is 1.00 e. The minimum atomic E-state index is -0.899. The van der Waals surface area contributed by atoms with Gasteiger partial charge < -0.3 is 14.8 Å².